The maximum Gasteiger partial charge on any atom is 0.0483 e. The Hall–Kier alpha value is -1.58. The third kappa shape index (κ3) is 2.31. The van der Waals surface area contributed by atoms with Gasteiger partial charge in [-0.05, 0) is 30.0 Å². The van der Waals surface area contributed by atoms with Crippen molar-refractivity contribution in [1.29, 1.82) is 0 Å². The third-order valence-corrected chi connectivity index (χ3v) is 4.56. The van der Waals surface area contributed by atoms with E-state index < -0.39 is 0 Å². The molecule has 0 saturated carbocycles. The number of rotatable bonds is 4. The number of aromatic nitrogens is 1. The molecule has 0 bridgehead atoms. The molecule has 0 fully saturated rings. The van der Waals surface area contributed by atoms with Crippen molar-refractivity contribution in [2.75, 3.05) is 0 Å². The fourth-order valence-corrected chi connectivity index (χ4v) is 3.28. The second kappa shape index (κ2) is 5.19. The smallest absolute Gasteiger partial charge is 0.0483 e. The first-order chi connectivity index (χ1) is 9.27. The highest BCUT2D eigenvalue weighted by molar-refractivity contribution is 7.09. The lowest BCUT2D eigenvalue weighted by molar-refractivity contribution is 0.662. The Morgan fingerprint density at radius 3 is 2.68 bits per heavy atom. The summed E-state index contributed by atoms with van der Waals surface area (Å²) in [6, 6.07) is 12.9. The molecule has 0 atom stereocenters. The van der Waals surface area contributed by atoms with Crippen molar-refractivity contribution in [3.63, 3.8) is 0 Å². The van der Waals surface area contributed by atoms with E-state index in [0.717, 1.165) is 13.1 Å². The Morgan fingerprint density at radius 1 is 1.11 bits per heavy atom. The predicted octanol–water partition coefficient (Wildman–Crippen LogP) is 3.84. The highest BCUT2D eigenvalue weighted by Gasteiger charge is 2.10. The summed E-state index contributed by atoms with van der Waals surface area (Å²) in [5, 5.41) is 7.02. The number of thiophene rings is 1. The number of aryl methyl sites for hydroxylation is 2. The Labute approximate surface area is 117 Å². The fourth-order valence-electron chi connectivity index (χ4n) is 2.60. The van der Waals surface area contributed by atoms with Crippen molar-refractivity contribution >= 4 is 22.2 Å². The lowest BCUT2D eigenvalue weighted by Crippen LogP contribution is -2.15. The topological polar surface area (TPSA) is 17.0 Å². The van der Waals surface area contributed by atoms with Crippen LogP contribution in [0.25, 0.3) is 10.9 Å². The van der Waals surface area contributed by atoms with Crippen molar-refractivity contribution in [3.05, 3.63) is 57.9 Å². The average Bonchev–Trinajstić information content (AvgIpc) is 3.02. The minimum atomic E-state index is 0.912. The molecule has 3 heteroatoms. The van der Waals surface area contributed by atoms with Crippen molar-refractivity contribution in [3.8, 4) is 0 Å². The van der Waals surface area contributed by atoms with Gasteiger partial charge in [-0.3, -0.25) is 0 Å². The van der Waals surface area contributed by atoms with Gasteiger partial charge < -0.3 is 9.88 Å². The molecule has 1 N–H and O–H groups in total. The van der Waals surface area contributed by atoms with Gasteiger partial charge in [0.15, 0.2) is 0 Å². The minimum absolute atomic E-state index is 0.912. The van der Waals surface area contributed by atoms with E-state index in [1.165, 1.54) is 27.0 Å². The Bertz CT molecular complexity index is 641. The van der Waals surface area contributed by atoms with Gasteiger partial charge in [0.1, 0.15) is 0 Å². The number of nitrogens with one attached hydrogen (secondary N) is 1. The van der Waals surface area contributed by atoms with Gasteiger partial charge in [0.05, 0.1) is 0 Å². The third-order valence-electron chi connectivity index (χ3n) is 3.68. The van der Waals surface area contributed by atoms with Crippen molar-refractivity contribution < 1.29 is 0 Å². The van der Waals surface area contributed by atoms with Gasteiger partial charge in [-0.1, -0.05) is 24.3 Å². The summed E-state index contributed by atoms with van der Waals surface area (Å²) in [5.74, 6) is 0. The van der Waals surface area contributed by atoms with Gasteiger partial charge in [-0.2, -0.15) is 0 Å². The van der Waals surface area contributed by atoms with Crippen LogP contribution in [0.4, 0.5) is 0 Å². The van der Waals surface area contributed by atoms with Crippen LogP contribution in [-0.2, 0) is 20.1 Å². The van der Waals surface area contributed by atoms with Gasteiger partial charge in [0.2, 0.25) is 0 Å². The van der Waals surface area contributed by atoms with Crippen LogP contribution in [0.15, 0.2) is 41.8 Å². The van der Waals surface area contributed by atoms with Crippen LogP contribution in [0.3, 0.4) is 0 Å². The number of fused-ring (bicyclic) bond motifs is 1. The maximum absolute atomic E-state index is 3.54. The summed E-state index contributed by atoms with van der Waals surface area (Å²) in [6.07, 6.45) is 0. The molecule has 2 heterocycles. The van der Waals surface area contributed by atoms with Crippen LogP contribution in [0.5, 0.6) is 0 Å². The van der Waals surface area contributed by atoms with E-state index in [-0.39, 0.29) is 0 Å². The second-order valence-electron chi connectivity index (χ2n) is 4.83. The SMILES string of the molecule is Cc1c(CNCc2cccs2)n(C)c2ccccc12. The van der Waals surface area contributed by atoms with Crippen LogP contribution >= 0.6 is 11.3 Å². The molecule has 0 aliphatic rings. The first-order valence-corrected chi connectivity index (χ1v) is 7.41. The molecule has 0 radical (unpaired) electrons. The lowest BCUT2D eigenvalue weighted by Gasteiger charge is -2.07. The van der Waals surface area contributed by atoms with Crippen molar-refractivity contribution in [2.24, 2.45) is 7.05 Å². The standard InChI is InChI=1S/C16H18N2S/c1-12-14-7-3-4-8-15(14)18(2)16(12)11-17-10-13-6-5-9-19-13/h3-9,17H,10-11H2,1-2H3. The molecule has 2 nitrogen and oxygen atoms in total. The number of benzene rings is 1. The summed E-state index contributed by atoms with van der Waals surface area (Å²) < 4.78 is 2.30. The van der Waals surface area contributed by atoms with Crippen LogP contribution in [0.2, 0.25) is 0 Å². The van der Waals surface area contributed by atoms with Gasteiger partial charge >= 0.3 is 0 Å². The first-order valence-electron chi connectivity index (χ1n) is 6.53. The highest BCUT2D eigenvalue weighted by atomic mass is 32.1. The molecule has 0 amide bonds. The molecule has 98 valence electrons. The summed E-state index contributed by atoms with van der Waals surface area (Å²) >= 11 is 1.80. The van der Waals surface area contributed by atoms with Crippen LogP contribution in [-0.4, -0.2) is 4.57 Å². The summed E-state index contributed by atoms with van der Waals surface area (Å²) in [6.45, 7) is 4.07. The molecule has 1 aromatic carbocycles. The molecule has 19 heavy (non-hydrogen) atoms. The summed E-state index contributed by atoms with van der Waals surface area (Å²) in [7, 11) is 2.15. The first kappa shape index (κ1) is 12.5. The second-order valence-corrected chi connectivity index (χ2v) is 5.86. The zero-order valence-electron chi connectivity index (χ0n) is 11.3. The fraction of sp³-hybridized carbons (Fsp3) is 0.250. The molecular formula is C16H18N2S. The van der Waals surface area contributed by atoms with E-state index in [1.807, 2.05) is 0 Å². The van der Waals surface area contributed by atoms with Crippen LogP contribution in [0, 0.1) is 6.92 Å². The molecule has 3 rings (SSSR count). The molecule has 3 aromatic rings. The van der Waals surface area contributed by atoms with E-state index in [2.05, 4.69) is 65.6 Å². The van der Waals surface area contributed by atoms with Crippen molar-refractivity contribution in [2.45, 2.75) is 20.0 Å². The Morgan fingerprint density at radius 2 is 1.95 bits per heavy atom. The number of nitrogens with zero attached hydrogens (tertiary/aromatic N) is 1. The largest absolute Gasteiger partial charge is 0.346 e. The molecular weight excluding hydrogens is 252 g/mol. The van der Waals surface area contributed by atoms with E-state index >= 15 is 0 Å². The average molecular weight is 270 g/mol. The van der Waals surface area contributed by atoms with Gasteiger partial charge in [-0.25, -0.2) is 0 Å². The molecule has 0 aliphatic carbocycles. The summed E-state index contributed by atoms with van der Waals surface area (Å²) in [5.41, 5.74) is 4.07. The highest BCUT2D eigenvalue weighted by Crippen LogP contribution is 2.24. The van der Waals surface area contributed by atoms with E-state index in [4.69, 9.17) is 0 Å². The van der Waals surface area contributed by atoms with E-state index in [1.54, 1.807) is 11.3 Å². The van der Waals surface area contributed by atoms with E-state index in [9.17, 15) is 0 Å². The van der Waals surface area contributed by atoms with Gasteiger partial charge in [0.25, 0.3) is 0 Å². The number of hydrogen-bond acceptors (Lipinski definition) is 2. The predicted molar refractivity (Wildman–Crippen MR) is 82.5 cm³/mol. The quantitative estimate of drug-likeness (QED) is 0.762. The molecule has 2 aromatic heterocycles. The monoisotopic (exact) mass is 270 g/mol. The molecule has 0 unspecified atom stereocenters. The lowest BCUT2D eigenvalue weighted by atomic mass is 10.1. The Kier molecular flexibility index (Phi) is 3.40. The minimum Gasteiger partial charge on any atom is -0.346 e. The normalized spacial score (nSPS) is 11.3. The molecule has 0 spiro atoms. The number of hydrogen-bond donors (Lipinski definition) is 1. The van der Waals surface area contributed by atoms with Gasteiger partial charge in [-0.15, -0.1) is 11.3 Å². The van der Waals surface area contributed by atoms with Crippen LogP contribution < -0.4 is 5.32 Å². The van der Waals surface area contributed by atoms with Crippen LogP contribution in [0.1, 0.15) is 16.1 Å². The van der Waals surface area contributed by atoms with Crippen molar-refractivity contribution in [1.82, 2.24) is 9.88 Å². The van der Waals surface area contributed by atoms with E-state index in [0.29, 0.717) is 0 Å². The summed E-state index contributed by atoms with van der Waals surface area (Å²) in [4.78, 5) is 1.39. The zero-order valence-corrected chi connectivity index (χ0v) is 12.1. The molecule has 0 saturated heterocycles. The maximum atomic E-state index is 3.54. The Balaban J connectivity index is 1.81. The zero-order chi connectivity index (χ0) is 13.2. The molecule has 0 aliphatic heterocycles. The van der Waals surface area contributed by atoms with Gasteiger partial charge in [0, 0.05) is 41.6 Å². The number of para-hydroxylation sites is 1.